The molecule has 3 aromatic rings. The predicted octanol–water partition coefficient (Wildman–Crippen LogP) is 3.45. The number of hydrogen-bond donors (Lipinski definition) is 2. The standard InChI is InChI=1S/C18H16FN3O/c1-12-7-8-13(9-15(12)19)11-20-18(23)17-10-16(21-22-17)14-5-3-2-4-6-14/h2-10H,11H2,1H3,(H,20,23)(H,21,22). The first-order valence-corrected chi connectivity index (χ1v) is 7.27. The number of halogens is 1. The minimum absolute atomic E-state index is 0.260. The molecule has 0 radical (unpaired) electrons. The van der Waals surface area contributed by atoms with E-state index < -0.39 is 0 Å². The Balaban J connectivity index is 1.67. The first-order chi connectivity index (χ1) is 11.1. The summed E-state index contributed by atoms with van der Waals surface area (Å²) in [5.74, 6) is -0.551. The molecule has 0 atom stereocenters. The molecule has 0 saturated carbocycles. The lowest BCUT2D eigenvalue weighted by molar-refractivity contribution is 0.0946. The lowest BCUT2D eigenvalue weighted by Crippen LogP contribution is -2.23. The third-order valence-electron chi connectivity index (χ3n) is 3.58. The summed E-state index contributed by atoms with van der Waals surface area (Å²) in [6.07, 6.45) is 0. The first-order valence-electron chi connectivity index (χ1n) is 7.27. The molecule has 0 aliphatic carbocycles. The van der Waals surface area contributed by atoms with Gasteiger partial charge < -0.3 is 5.32 Å². The third kappa shape index (κ3) is 3.45. The van der Waals surface area contributed by atoms with E-state index in [4.69, 9.17) is 0 Å². The molecule has 1 amide bonds. The average Bonchev–Trinajstić information content (AvgIpc) is 3.06. The lowest BCUT2D eigenvalue weighted by Gasteiger charge is -2.05. The molecule has 23 heavy (non-hydrogen) atoms. The normalized spacial score (nSPS) is 10.5. The van der Waals surface area contributed by atoms with E-state index in [1.807, 2.05) is 30.3 Å². The summed E-state index contributed by atoms with van der Waals surface area (Å²) in [6.45, 7) is 1.96. The Morgan fingerprint density at radius 1 is 1.17 bits per heavy atom. The summed E-state index contributed by atoms with van der Waals surface area (Å²) in [7, 11) is 0. The molecular weight excluding hydrogens is 293 g/mol. The number of carbonyl (C=O) groups excluding carboxylic acids is 1. The molecule has 2 N–H and O–H groups in total. The van der Waals surface area contributed by atoms with Crippen LogP contribution < -0.4 is 5.32 Å². The Kier molecular flexibility index (Phi) is 4.19. The van der Waals surface area contributed by atoms with Gasteiger partial charge in [-0.05, 0) is 30.2 Å². The largest absolute Gasteiger partial charge is 0.347 e. The number of aromatic nitrogens is 2. The topological polar surface area (TPSA) is 57.8 Å². The molecule has 0 bridgehead atoms. The molecule has 1 aromatic heterocycles. The van der Waals surface area contributed by atoms with Crippen molar-refractivity contribution < 1.29 is 9.18 Å². The van der Waals surface area contributed by atoms with Gasteiger partial charge in [0.1, 0.15) is 11.5 Å². The Morgan fingerprint density at radius 2 is 1.96 bits per heavy atom. The van der Waals surface area contributed by atoms with E-state index in [2.05, 4.69) is 15.5 Å². The Hall–Kier alpha value is -2.95. The van der Waals surface area contributed by atoms with Crippen molar-refractivity contribution in [3.63, 3.8) is 0 Å². The second-order valence-electron chi connectivity index (χ2n) is 5.30. The summed E-state index contributed by atoms with van der Waals surface area (Å²) in [5.41, 5.74) is 3.31. The Morgan fingerprint density at radius 3 is 2.70 bits per heavy atom. The summed E-state index contributed by atoms with van der Waals surface area (Å²) in [6, 6.07) is 16.2. The molecule has 0 unspecified atom stereocenters. The Labute approximate surface area is 133 Å². The minimum Gasteiger partial charge on any atom is -0.347 e. The highest BCUT2D eigenvalue weighted by atomic mass is 19.1. The fraction of sp³-hybridized carbons (Fsp3) is 0.111. The number of aromatic amines is 1. The monoisotopic (exact) mass is 309 g/mol. The van der Waals surface area contributed by atoms with E-state index in [1.165, 1.54) is 6.07 Å². The zero-order valence-electron chi connectivity index (χ0n) is 12.6. The highest BCUT2D eigenvalue weighted by Gasteiger charge is 2.11. The van der Waals surface area contributed by atoms with E-state index in [0.717, 1.165) is 5.56 Å². The second-order valence-corrected chi connectivity index (χ2v) is 5.30. The highest BCUT2D eigenvalue weighted by molar-refractivity contribution is 5.93. The lowest BCUT2D eigenvalue weighted by atomic mass is 10.1. The molecule has 0 spiro atoms. The number of amides is 1. The minimum atomic E-state index is -0.277. The van der Waals surface area contributed by atoms with Gasteiger partial charge in [0.25, 0.3) is 5.91 Å². The van der Waals surface area contributed by atoms with Crippen LogP contribution in [0.15, 0.2) is 54.6 Å². The van der Waals surface area contributed by atoms with Crippen LogP contribution in [0.3, 0.4) is 0 Å². The van der Waals surface area contributed by atoms with Crippen LogP contribution in [0.25, 0.3) is 11.3 Å². The number of carbonyl (C=O) groups is 1. The van der Waals surface area contributed by atoms with Gasteiger partial charge in [0.2, 0.25) is 0 Å². The van der Waals surface area contributed by atoms with Crippen molar-refractivity contribution in [3.8, 4) is 11.3 Å². The van der Waals surface area contributed by atoms with Crippen LogP contribution in [0, 0.1) is 12.7 Å². The highest BCUT2D eigenvalue weighted by Crippen LogP contribution is 2.17. The van der Waals surface area contributed by atoms with Crippen LogP contribution in [-0.2, 0) is 6.54 Å². The number of nitrogens with one attached hydrogen (secondary N) is 2. The maximum Gasteiger partial charge on any atom is 0.269 e. The molecule has 0 saturated heterocycles. The van der Waals surface area contributed by atoms with Crippen molar-refractivity contribution in [2.24, 2.45) is 0 Å². The van der Waals surface area contributed by atoms with Gasteiger partial charge in [0.05, 0.1) is 5.69 Å². The van der Waals surface area contributed by atoms with Gasteiger partial charge >= 0.3 is 0 Å². The van der Waals surface area contributed by atoms with Crippen LogP contribution in [0.1, 0.15) is 21.6 Å². The van der Waals surface area contributed by atoms with Crippen molar-refractivity contribution in [2.45, 2.75) is 13.5 Å². The number of rotatable bonds is 4. The molecule has 1 heterocycles. The molecule has 2 aromatic carbocycles. The van der Waals surface area contributed by atoms with E-state index in [0.29, 0.717) is 22.5 Å². The van der Waals surface area contributed by atoms with Crippen molar-refractivity contribution in [1.29, 1.82) is 0 Å². The zero-order valence-corrected chi connectivity index (χ0v) is 12.6. The van der Waals surface area contributed by atoms with Crippen LogP contribution >= 0.6 is 0 Å². The van der Waals surface area contributed by atoms with Crippen molar-refractivity contribution in [1.82, 2.24) is 15.5 Å². The molecule has 0 aliphatic heterocycles. The van der Waals surface area contributed by atoms with Gasteiger partial charge in [-0.2, -0.15) is 5.10 Å². The summed E-state index contributed by atoms with van der Waals surface area (Å²) in [5, 5.41) is 9.62. The predicted molar refractivity (Wildman–Crippen MR) is 86.3 cm³/mol. The second kappa shape index (κ2) is 6.44. The fourth-order valence-corrected chi connectivity index (χ4v) is 2.22. The quantitative estimate of drug-likeness (QED) is 0.775. The average molecular weight is 309 g/mol. The number of benzene rings is 2. The number of nitrogens with zero attached hydrogens (tertiary/aromatic N) is 1. The maximum atomic E-state index is 13.5. The fourth-order valence-electron chi connectivity index (χ4n) is 2.22. The molecule has 0 aliphatic rings. The van der Waals surface area contributed by atoms with E-state index >= 15 is 0 Å². The SMILES string of the molecule is Cc1ccc(CNC(=O)c2cc(-c3ccccc3)n[nH]2)cc1F. The first kappa shape index (κ1) is 15.0. The third-order valence-corrected chi connectivity index (χ3v) is 3.58. The number of H-pyrrole nitrogens is 1. The van der Waals surface area contributed by atoms with Gasteiger partial charge in [0, 0.05) is 12.1 Å². The van der Waals surface area contributed by atoms with Crippen LogP contribution in [-0.4, -0.2) is 16.1 Å². The van der Waals surface area contributed by atoms with Crippen molar-refractivity contribution in [2.75, 3.05) is 0 Å². The van der Waals surface area contributed by atoms with Crippen LogP contribution in [0.5, 0.6) is 0 Å². The summed E-state index contributed by atoms with van der Waals surface area (Å²) in [4.78, 5) is 12.1. The van der Waals surface area contributed by atoms with Gasteiger partial charge in [-0.3, -0.25) is 9.89 Å². The molecule has 5 heteroatoms. The van der Waals surface area contributed by atoms with Gasteiger partial charge in [0.15, 0.2) is 0 Å². The number of aryl methyl sites for hydroxylation is 1. The molecule has 3 rings (SSSR count). The maximum absolute atomic E-state index is 13.5. The van der Waals surface area contributed by atoms with E-state index in [1.54, 1.807) is 25.1 Å². The van der Waals surface area contributed by atoms with Crippen molar-refractivity contribution >= 4 is 5.91 Å². The smallest absolute Gasteiger partial charge is 0.269 e. The van der Waals surface area contributed by atoms with Crippen LogP contribution in [0.2, 0.25) is 0 Å². The number of hydrogen-bond acceptors (Lipinski definition) is 2. The summed E-state index contributed by atoms with van der Waals surface area (Å²) >= 11 is 0. The molecule has 116 valence electrons. The molecular formula is C18H16FN3O. The Bertz CT molecular complexity index is 827. The van der Waals surface area contributed by atoms with Gasteiger partial charge in [-0.1, -0.05) is 42.5 Å². The van der Waals surface area contributed by atoms with Gasteiger partial charge in [-0.25, -0.2) is 4.39 Å². The molecule has 0 fully saturated rings. The molecule has 4 nitrogen and oxygen atoms in total. The summed E-state index contributed by atoms with van der Waals surface area (Å²) < 4.78 is 13.5. The van der Waals surface area contributed by atoms with E-state index in [9.17, 15) is 9.18 Å². The van der Waals surface area contributed by atoms with Gasteiger partial charge in [-0.15, -0.1) is 0 Å². The zero-order chi connectivity index (χ0) is 16.2. The van der Waals surface area contributed by atoms with Crippen molar-refractivity contribution in [3.05, 3.63) is 77.2 Å². The van der Waals surface area contributed by atoms with E-state index in [-0.39, 0.29) is 18.3 Å². The van der Waals surface area contributed by atoms with Crippen LogP contribution in [0.4, 0.5) is 4.39 Å².